The standard InChI is InChI=1S/C22H22Cl2N6/c23-18-8-9-19(20(24)13-18)21(14-30-12-11-26-16-30)29-22(28-15-25)27-10-4-7-17-5-2-1-3-6-17/h1-3,5-6,8-9,11-13,16,21H,4,7,10,14H2,(H2,27,28,29). The van der Waals surface area contributed by atoms with Gasteiger partial charge in [-0.15, -0.1) is 0 Å². The Morgan fingerprint density at radius 1 is 1.20 bits per heavy atom. The molecule has 0 aliphatic carbocycles. The molecule has 8 heteroatoms. The summed E-state index contributed by atoms with van der Waals surface area (Å²) in [7, 11) is 0. The van der Waals surface area contributed by atoms with Crippen LogP contribution < -0.4 is 10.6 Å². The molecule has 1 atom stereocenters. The van der Waals surface area contributed by atoms with Gasteiger partial charge in [0.2, 0.25) is 5.96 Å². The summed E-state index contributed by atoms with van der Waals surface area (Å²) in [5.74, 6) is 0.404. The normalized spacial score (nSPS) is 12.2. The maximum absolute atomic E-state index is 9.16. The van der Waals surface area contributed by atoms with Gasteiger partial charge in [0.1, 0.15) is 0 Å². The van der Waals surface area contributed by atoms with Crippen molar-refractivity contribution in [2.45, 2.75) is 25.4 Å². The number of nitrogens with one attached hydrogen (secondary N) is 2. The second kappa shape index (κ2) is 11.2. The molecule has 6 nitrogen and oxygen atoms in total. The molecule has 0 bridgehead atoms. The zero-order chi connectivity index (χ0) is 21.2. The van der Waals surface area contributed by atoms with Crippen LogP contribution in [-0.4, -0.2) is 22.1 Å². The average Bonchev–Trinajstić information content (AvgIpc) is 3.25. The number of hydrogen-bond acceptors (Lipinski definition) is 3. The molecule has 0 aliphatic rings. The van der Waals surface area contributed by atoms with Gasteiger partial charge < -0.3 is 9.88 Å². The first-order valence-corrected chi connectivity index (χ1v) is 10.3. The highest BCUT2D eigenvalue weighted by Gasteiger charge is 2.17. The summed E-state index contributed by atoms with van der Waals surface area (Å²) in [5.41, 5.74) is 2.12. The lowest BCUT2D eigenvalue weighted by Gasteiger charge is -2.22. The summed E-state index contributed by atoms with van der Waals surface area (Å²) in [6.45, 7) is 1.13. The lowest BCUT2D eigenvalue weighted by Crippen LogP contribution is -2.39. The number of rotatable bonds is 8. The second-order valence-electron chi connectivity index (χ2n) is 6.68. The molecule has 0 amide bonds. The SMILES string of the molecule is N#CNC(=NCCCc1ccccc1)NC(Cn1ccnc1)c1ccc(Cl)cc1Cl. The Morgan fingerprint density at radius 2 is 2.03 bits per heavy atom. The van der Waals surface area contributed by atoms with Crippen molar-refractivity contribution in [1.29, 1.82) is 5.26 Å². The third-order valence-corrected chi connectivity index (χ3v) is 5.07. The predicted octanol–water partition coefficient (Wildman–Crippen LogP) is 4.58. The Hall–Kier alpha value is -3.01. The van der Waals surface area contributed by atoms with Crippen LogP contribution in [0, 0.1) is 11.5 Å². The summed E-state index contributed by atoms with van der Waals surface area (Å²) in [4.78, 5) is 8.64. The number of hydrogen-bond donors (Lipinski definition) is 2. The first kappa shape index (κ1) is 21.7. The Balaban J connectivity index is 1.72. The quantitative estimate of drug-likeness (QED) is 0.176. The highest BCUT2D eigenvalue weighted by atomic mass is 35.5. The minimum Gasteiger partial charge on any atom is -0.347 e. The number of benzene rings is 2. The van der Waals surface area contributed by atoms with Crippen molar-refractivity contribution >= 4 is 29.2 Å². The molecule has 0 saturated carbocycles. The minimum atomic E-state index is -0.238. The van der Waals surface area contributed by atoms with Crippen molar-refractivity contribution in [3.8, 4) is 6.19 Å². The van der Waals surface area contributed by atoms with Crippen molar-refractivity contribution in [2.75, 3.05) is 6.54 Å². The van der Waals surface area contributed by atoms with Gasteiger partial charge in [-0.3, -0.25) is 10.3 Å². The molecule has 0 saturated heterocycles. The highest BCUT2D eigenvalue weighted by Crippen LogP contribution is 2.27. The van der Waals surface area contributed by atoms with E-state index in [1.807, 2.05) is 41.2 Å². The van der Waals surface area contributed by atoms with Gasteiger partial charge in [0.05, 0.1) is 12.4 Å². The van der Waals surface area contributed by atoms with Crippen LogP contribution in [0.3, 0.4) is 0 Å². The summed E-state index contributed by atoms with van der Waals surface area (Å²) in [6.07, 6.45) is 9.05. The van der Waals surface area contributed by atoms with Crippen LogP contribution in [0.15, 0.2) is 72.2 Å². The van der Waals surface area contributed by atoms with Crippen molar-refractivity contribution in [2.24, 2.45) is 4.99 Å². The van der Waals surface area contributed by atoms with Crippen LogP contribution in [0.25, 0.3) is 0 Å². The zero-order valence-corrected chi connectivity index (χ0v) is 17.8. The summed E-state index contributed by atoms with van der Waals surface area (Å²) >= 11 is 12.5. The number of aliphatic imine (C=N–C) groups is 1. The van der Waals surface area contributed by atoms with Crippen molar-refractivity contribution in [3.63, 3.8) is 0 Å². The van der Waals surface area contributed by atoms with E-state index in [2.05, 4.69) is 32.7 Å². The van der Waals surface area contributed by atoms with Crippen molar-refractivity contribution in [1.82, 2.24) is 20.2 Å². The van der Waals surface area contributed by atoms with Gasteiger partial charge in [0.15, 0.2) is 6.19 Å². The highest BCUT2D eigenvalue weighted by molar-refractivity contribution is 6.35. The van der Waals surface area contributed by atoms with E-state index in [-0.39, 0.29) is 6.04 Å². The van der Waals surface area contributed by atoms with E-state index in [0.29, 0.717) is 29.1 Å². The first-order chi connectivity index (χ1) is 14.7. The molecule has 2 N–H and O–H groups in total. The Morgan fingerprint density at radius 3 is 2.73 bits per heavy atom. The fourth-order valence-corrected chi connectivity index (χ4v) is 3.61. The van der Waals surface area contributed by atoms with Crippen molar-refractivity contribution < 1.29 is 0 Å². The van der Waals surface area contributed by atoms with Crippen LogP contribution in [0.2, 0.25) is 10.0 Å². The number of nitrogens with zero attached hydrogens (tertiary/aromatic N) is 4. The molecule has 1 heterocycles. The average molecular weight is 441 g/mol. The van der Waals surface area contributed by atoms with Crippen LogP contribution in [0.5, 0.6) is 0 Å². The molecule has 0 fully saturated rings. The molecule has 154 valence electrons. The number of halogens is 2. The molecule has 0 aliphatic heterocycles. The number of nitriles is 1. The van der Waals surface area contributed by atoms with Gasteiger partial charge >= 0.3 is 0 Å². The topological polar surface area (TPSA) is 78.0 Å². The molecular formula is C22H22Cl2N6. The van der Waals surface area contributed by atoms with Crippen LogP contribution >= 0.6 is 23.2 Å². The molecule has 0 radical (unpaired) electrons. The van der Waals surface area contributed by atoms with Gasteiger partial charge in [0, 0.05) is 35.5 Å². The molecule has 3 aromatic rings. The van der Waals surface area contributed by atoms with E-state index in [0.717, 1.165) is 18.4 Å². The summed E-state index contributed by atoms with van der Waals surface area (Å²) < 4.78 is 1.93. The first-order valence-electron chi connectivity index (χ1n) is 9.56. The summed E-state index contributed by atoms with van der Waals surface area (Å²) in [6, 6.07) is 15.4. The third kappa shape index (κ3) is 6.51. The molecule has 3 rings (SSSR count). The smallest absolute Gasteiger partial charge is 0.205 e. The Bertz CT molecular complexity index is 996. The lowest BCUT2D eigenvalue weighted by molar-refractivity contribution is 0.526. The fourth-order valence-electron chi connectivity index (χ4n) is 3.07. The molecule has 30 heavy (non-hydrogen) atoms. The van der Waals surface area contributed by atoms with Gasteiger partial charge in [-0.25, -0.2) is 4.98 Å². The third-order valence-electron chi connectivity index (χ3n) is 4.51. The molecule has 2 aromatic carbocycles. The van der Waals surface area contributed by atoms with Crippen LogP contribution in [-0.2, 0) is 13.0 Å². The van der Waals surface area contributed by atoms with E-state index in [1.165, 1.54) is 5.56 Å². The van der Waals surface area contributed by atoms with Gasteiger partial charge in [-0.1, -0.05) is 59.6 Å². The molecule has 1 unspecified atom stereocenters. The molecule has 0 spiro atoms. The van der Waals surface area contributed by atoms with Crippen molar-refractivity contribution in [3.05, 3.63) is 88.4 Å². The Kier molecular flexibility index (Phi) is 8.13. The second-order valence-corrected chi connectivity index (χ2v) is 7.52. The maximum Gasteiger partial charge on any atom is 0.205 e. The van der Waals surface area contributed by atoms with E-state index < -0.39 is 0 Å². The monoisotopic (exact) mass is 440 g/mol. The molecule has 1 aromatic heterocycles. The number of aromatic nitrogens is 2. The van der Waals surface area contributed by atoms with Crippen LogP contribution in [0.4, 0.5) is 0 Å². The Labute approximate surface area is 186 Å². The molecular weight excluding hydrogens is 419 g/mol. The fraction of sp³-hybridized carbons (Fsp3) is 0.227. The lowest BCUT2D eigenvalue weighted by atomic mass is 10.1. The van der Waals surface area contributed by atoms with Gasteiger partial charge in [-0.2, -0.15) is 5.26 Å². The zero-order valence-electron chi connectivity index (χ0n) is 16.3. The number of aryl methyl sites for hydroxylation is 1. The largest absolute Gasteiger partial charge is 0.347 e. The summed E-state index contributed by atoms with van der Waals surface area (Å²) in [5, 5.41) is 16.2. The number of imidazole rings is 1. The maximum atomic E-state index is 9.16. The van der Waals surface area contributed by atoms with E-state index in [9.17, 15) is 0 Å². The van der Waals surface area contributed by atoms with E-state index in [1.54, 1.807) is 24.7 Å². The van der Waals surface area contributed by atoms with Gasteiger partial charge in [0.25, 0.3) is 0 Å². The van der Waals surface area contributed by atoms with E-state index in [4.69, 9.17) is 28.5 Å². The van der Waals surface area contributed by atoms with Crippen LogP contribution in [0.1, 0.15) is 23.6 Å². The minimum absolute atomic E-state index is 0.238. The van der Waals surface area contributed by atoms with E-state index >= 15 is 0 Å². The van der Waals surface area contributed by atoms with Gasteiger partial charge in [-0.05, 0) is 36.1 Å². The number of guanidine groups is 1. The predicted molar refractivity (Wildman–Crippen MR) is 120 cm³/mol.